The van der Waals surface area contributed by atoms with Crippen molar-refractivity contribution in [2.75, 3.05) is 11.9 Å². The number of aromatic nitrogens is 5. The molecule has 5 rings (SSSR count). The number of anilines is 1. The molecule has 0 amide bonds. The van der Waals surface area contributed by atoms with Crippen molar-refractivity contribution < 1.29 is 9.53 Å². The van der Waals surface area contributed by atoms with E-state index in [1.807, 2.05) is 30.3 Å². The third kappa shape index (κ3) is 3.68. The summed E-state index contributed by atoms with van der Waals surface area (Å²) in [4.78, 5) is 46.4. The molecular formula is C24H28N6O4. The average molecular weight is 465 g/mol. The van der Waals surface area contributed by atoms with Gasteiger partial charge in [-0.1, -0.05) is 18.2 Å². The standard InChI is InChI=1S/C24H28N6O4/c1-4-34-22(32)15-9-10-16(12-15)26-23-27-20-19(28(23)2)21(31)30(24(33)29(20)3)13-17-11-14-7-5-6-8-18(14)25-17/h5-8,11,15-16,25H,4,9-10,12-13H2,1-3H3,(H,26,27)/t15-,16+/m0/s1. The van der Waals surface area contributed by atoms with Gasteiger partial charge in [0.25, 0.3) is 5.56 Å². The molecule has 3 heterocycles. The summed E-state index contributed by atoms with van der Waals surface area (Å²) in [6.45, 7) is 2.31. The van der Waals surface area contributed by atoms with Crippen LogP contribution in [-0.2, 0) is 30.2 Å². The predicted molar refractivity (Wildman–Crippen MR) is 129 cm³/mol. The number of ether oxygens (including phenoxy) is 1. The number of hydrogen-bond donors (Lipinski definition) is 2. The molecule has 4 aromatic rings. The summed E-state index contributed by atoms with van der Waals surface area (Å²) in [7, 11) is 3.38. The molecule has 1 aliphatic carbocycles. The number of nitrogens with one attached hydrogen (secondary N) is 2. The van der Waals surface area contributed by atoms with Crippen LogP contribution in [-0.4, -0.2) is 42.3 Å². The van der Waals surface area contributed by atoms with Gasteiger partial charge in [-0.25, -0.2) is 4.79 Å². The SMILES string of the molecule is CCOC(=O)[C@H]1CC[C@@H](Nc2nc3c(c(=O)n(Cc4cc5ccccc5[nH]4)c(=O)n3C)n2C)C1. The molecule has 0 saturated heterocycles. The number of aryl methyl sites for hydroxylation is 2. The van der Waals surface area contributed by atoms with Crippen molar-refractivity contribution in [2.24, 2.45) is 20.0 Å². The summed E-state index contributed by atoms with van der Waals surface area (Å²) in [6.07, 6.45) is 2.19. The topological polar surface area (TPSA) is 116 Å². The monoisotopic (exact) mass is 464 g/mol. The van der Waals surface area contributed by atoms with Gasteiger partial charge in [0.05, 0.1) is 19.1 Å². The number of carbonyl (C=O) groups is 1. The Kier molecular flexibility index (Phi) is 5.51. The average Bonchev–Trinajstić information content (AvgIpc) is 3.53. The van der Waals surface area contributed by atoms with Crippen molar-refractivity contribution in [1.82, 2.24) is 23.7 Å². The number of rotatable bonds is 6. The fourth-order valence-corrected chi connectivity index (χ4v) is 4.87. The smallest absolute Gasteiger partial charge is 0.332 e. The van der Waals surface area contributed by atoms with Crippen molar-refractivity contribution in [1.29, 1.82) is 0 Å². The molecule has 0 unspecified atom stereocenters. The number of nitrogens with zero attached hydrogens (tertiary/aromatic N) is 4. The summed E-state index contributed by atoms with van der Waals surface area (Å²) in [5.41, 5.74) is 1.58. The first-order valence-corrected chi connectivity index (χ1v) is 11.5. The van der Waals surface area contributed by atoms with Crippen LogP contribution in [0.25, 0.3) is 22.1 Å². The molecule has 2 N–H and O–H groups in total. The van der Waals surface area contributed by atoms with E-state index < -0.39 is 11.2 Å². The van der Waals surface area contributed by atoms with Crippen LogP contribution in [0.3, 0.4) is 0 Å². The molecule has 2 atom stereocenters. The molecule has 10 heteroatoms. The first-order chi connectivity index (χ1) is 16.4. The highest BCUT2D eigenvalue weighted by Crippen LogP contribution is 2.29. The fraction of sp³-hybridized carbons (Fsp3) is 0.417. The number of esters is 1. The number of para-hydroxylation sites is 1. The Morgan fingerprint density at radius 1 is 1.21 bits per heavy atom. The Labute approximate surface area is 195 Å². The van der Waals surface area contributed by atoms with E-state index >= 15 is 0 Å². The lowest BCUT2D eigenvalue weighted by Crippen LogP contribution is -2.39. The van der Waals surface area contributed by atoms with Crippen molar-refractivity contribution in [3.63, 3.8) is 0 Å². The number of hydrogen-bond acceptors (Lipinski definition) is 6. The zero-order chi connectivity index (χ0) is 24.0. The lowest BCUT2D eigenvalue weighted by molar-refractivity contribution is -0.147. The van der Waals surface area contributed by atoms with Crippen LogP contribution in [0.4, 0.5) is 5.95 Å². The molecule has 1 saturated carbocycles. The number of H-pyrrole nitrogens is 1. The molecule has 178 valence electrons. The quantitative estimate of drug-likeness (QED) is 0.422. The zero-order valence-electron chi connectivity index (χ0n) is 19.5. The first kappa shape index (κ1) is 22.0. The minimum Gasteiger partial charge on any atom is -0.466 e. The van der Waals surface area contributed by atoms with Crippen LogP contribution in [0.1, 0.15) is 31.9 Å². The highest BCUT2D eigenvalue weighted by molar-refractivity contribution is 5.80. The van der Waals surface area contributed by atoms with Crippen LogP contribution in [0.15, 0.2) is 39.9 Å². The van der Waals surface area contributed by atoms with Gasteiger partial charge in [-0.3, -0.25) is 18.7 Å². The highest BCUT2D eigenvalue weighted by atomic mass is 16.5. The van der Waals surface area contributed by atoms with E-state index in [9.17, 15) is 14.4 Å². The van der Waals surface area contributed by atoms with E-state index in [4.69, 9.17) is 4.74 Å². The van der Waals surface area contributed by atoms with Crippen molar-refractivity contribution in [2.45, 2.75) is 38.8 Å². The fourth-order valence-electron chi connectivity index (χ4n) is 4.87. The van der Waals surface area contributed by atoms with E-state index in [0.29, 0.717) is 30.1 Å². The summed E-state index contributed by atoms with van der Waals surface area (Å²) >= 11 is 0. The maximum absolute atomic E-state index is 13.4. The van der Waals surface area contributed by atoms with E-state index in [0.717, 1.165) is 29.4 Å². The molecule has 34 heavy (non-hydrogen) atoms. The van der Waals surface area contributed by atoms with E-state index in [1.165, 1.54) is 9.13 Å². The van der Waals surface area contributed by atoms with Crippen molar-refractivity contribution in [3.8, 4) is 0 Å². The van der Waals surface area contributed by atoms with Crippen LogP contribution in [0, 0.1) is 5.92 Å². The number of imidazole rings is 1. The lowest BCUT2D eigenvalue weighted by Gasteiger charge is -2.13. The summed E-state index contributed by atoms with van der Waals surface area (Å²) < 4.78 is 9.47. The molecule has 10 nitrogen and oxygen atoms in total. The molecule has 0 spiro atoms. The van der Waals surface area contributed by atoms with Gasteiger partial charge in [-0.15, -0.1) is 0 Å². The number of aromatic amines is 1. The highest BCUT2D eigenvalue weighted by Gasteiger charge is 2.32. The van der Waals surface area contributed by atoms with Crippen molar-refractivity contribution in [3.05, 3.63) is 56.9 Å². The number of benzene rings is 1. The maximum atomic E-state index is 13.4. The van der Waals surface area contributed by atoms with E-state index in [2.05, 4.69) is 15.3 Å². The van der Waals surface area contributed by atoms with Gasteiger partial charge in [-0.2, -0.15) is 4.98 Å². The van der Waals surface area contributed by atoms with Crippen molar-refractivity contribution >= 4 is 34.0 Å². The van der Waals surface area contributed by atoms with Gasteiger partial charge >= 0.3 is 11.7 Å². The molecule has 0 bridgehead atoms. The normalized spacial score (nSPS) is 18.1. The molecule has 1 fully saturated rings. The Morgan fingerprint density at radius 2 is 2.00 bits per heavy atom. The van der Waals surface area contributed by atoms with Crippen LogP contribution < -0.4 is 16.6 Å². The second-order valence-corrected chi connectivity index (χ2v) is 8.88. The van der Waals surface area contributed by atoms with Gasteiger partial charge in [0.1, 0.15) is 0 Å². The second-order valence-electron chi connectivity index (χ2n) is 8.88. The molecule has 3 aromatic heterocycles. The number of carbonyl (C=O) groups excluding carboxylic acids is 1. The molecular weight excluding hydrogens is 436 g/mol. The predicted octanol–water partition coefficient (Wildman–Crippen LogP) is 2.11. The van der Waals surface area contributed by atoms with Gasteiger partial charge < -0.3 is 19.6 Å². The molecule has 0 aliphatic heterocycles. The Morgan fingerprint density at radius 3 is 2.76 bits per heavy atom. The van der Waals surface area contributed by atoms with Crippen LogP contribution in [0.5, 0.6) is 0 Å². The first-order valence-electron chi connectivity index (χ1n) is 11.5. The summed E-state index contributed by atoms with van der Waals surface area (Å²) in [5, 5.41) is 4.38. The minimum absolute atomic E-state index is 0.0375. The van der Waals surface area contributed by atoms with Gasteiger partial charge in [-0.05, 0) is 43.7 Å². The van der Waals surface area contributed by atoms with E-state index in [-0.39, 0.29) is 24.5 Å². The maximum Gasteiger partial charge on any atom is 0.332 e. The minimum atomic E-state index is -0.427. The van der Waals surface area contributed by atoms with E-state index in [1.54, 1.807) is 25.6 Å². The molecule has 1 aliphatic rings. The van der Waals surface area contributed by atoms with Gasteiger partial charge in [0.2, 0.25) is 5.95 Å². The lowest BCUT2D eigenvalue weighted by atomic mass is 10.1. The second kappa shape index (κ2) is 8.51. The zero-order valence-corrected chi connectivity index (χ0v) is 19.5. The third-order valence-corrected chi connectivity index (χ3v) is 6.66. The van der Waals surface area contributed by atoms with Gasteiger partial charge in [0.15, 0.2) is 11.2 Å². The number of fused-ring (bicyclic) bond motifs is 2. The molecule has 0 radical (unpaired) electrons. The Balaban J connectivity index is 1.47. The summed E-state index contributed by atoms with van der Waals surface area (Å²) in [6, 6.07) is 9.80. The third-order valence-electron chi connectivity index (χ3n) is 6.66. The Hall–Kier alpha value is -3.82. The molecule has 1 aromatic carbocycles. The Bertz CT molecular complexity index is 1470. The van der Waals surface area contributed by atoms with Crippen LogP contribution >= 0.6 is 0 Å². The largest absolute Gasteiger partial charge is 0.466 e. The summed E-state index contributed by atoms with van der Waals surface area (Å²) in [5.74, 6) is 0.198. The van der Waals surface area contributed by atoms with Gasteiger partial charge in [0, 0.05) is 31.3 Å². The van der Waals surface area contributed by atoms with Crippen LogP contribution in [0.2, 0.25) is 0 Å².